The first kappa shape index (κ1) is 31.5. The van der Waals surface area contributed by atoms with Crippen molar-refractivity contribution in [1.29, 1.82) is 0 Å². The summed E-state index contributed by atoms with van der Waals surface area (Å²) in [5.74, 6) is 0.783. The van der Waals surface area contributed by atoms with Gasteiger partial charge in [0.1, 0.15) is 11.6 Å². The fraction of sp³-hybridized carbons (Fsp3) is 0. The van der Waals surface area contributed by atoms with E-state index >= 15 is 0 Å². The average molecular weight is 901 g/mol. The maximum absolute atomic E-state index is 9.53. The van der Waals surface area contributed by atoms with Gasteiger partial charge in [-0.1, -0.05) is 170 Å². The van der Waals surface area contributed by atoms with Gasteiger partial charge in [0.05, 0.1) is 66.4 Å². The Balaban J connectivity index is 1.10. The van der Waals surface area contributed by atoms with Crippen molar-refractivity contribution >= 4 is 87.2 Å². The SMILES string of the molecule is [2H]c1c([2H])c([2H])c2c(c1[2H])c1c([2H])c([2H])c([2H])c([2H])c1n2-c1cc(-n2c3ccccc3c3ccccc32)nc(-c2c(-c3ccc(-n4c5ccccc5c5ccccc54)cc3)cccc2-n2c3ccccc3c3ccccc32)n1. The lowest BCUT2D eigenvalue weighted by Gasteiger charge is -2.20. The summed E-state index contributed by atoms with van der Waals surface area (Å²) in [6.45, 7) is 0. The molecule has 0 fully saturated rings. The maximum atomic E-state index is 9.53. The molecule has 0 saturated heterocycles. The summed E-state index contributed by atoms with van der Waals surface area (Å²) < 4.78 is 81.3. The predicted octanol–water partition coefficient (Wildman–Crippen LogP) is 16.2. The number of hydrogen-bond acceptors (Lipinski definition) is 2. The van der Waals surface area contributed by atoms with Crippen LogP contribution in [0.2, 0.25) is 0 Å². The Kier molecular flexibility index (Phi) is 6.74. The van der Waals surface area contributed by atoms with Crippen molar-refractivity contribution in [3.8, 4) is 45.5 Å². The molecular weight excluding hydrogens is 853 g/mol. The normalized spacial score (nSPS) is 13.6. The van der Waals surface area contributed by atoms with Crippen LogP contribution in [0, 0.1) is 0 Å². The van der Waals surface area contributed by atoms with Gasteiger partial charge in [-0.15, -0.1) is 0 Å². The van der Waals surface area contributed by atoms with Crippen LogP contribution in [-0.4, -0.2) is 28.2 Å². The Bertz CT molecular complexity index is 4850. The molecule has 70 heavy (non-hydrogen) atoms. The average Bonchev–Trinajstić information content (AvgIpc) is 4.12. The van der Waals surface area contributed by atoms with Crippen LogP contribution in [0.4, 0.5) is 0 Å². The van der Waals surface area contributed by atoms with Gasteiger partial charge in [0.25, 0.3) is 0 Å². The fourth-order valence-electron chi connectivity index (χ4n) is 11.0. The molecule has 0 radical (unpaired) electrons. The summed E-state index contributed by atoms with van der Waals surface area (Å²) in [7, 11) is 0. The molecule has 6 heteroatoms. The molecule has 0 unspecified atom stereocenters. The van der Waals surface area contributed by atoms with Crippen molar-refractivity contribution in [3.63, 3.8) is 0 Å². The van der Waals surface area contributed by atoms with E-state index in [-0.39, 0.29) is 33.4 Å². The molecule has 6 nitrogen and oxygen atoms in total. The van der Waals surface area contributed by atoms with Gasteiger partial charge >= 0.3 is 0 Å². The number of aromatic nitrogens is 6. The smallest absolute Gasteiger partial charge is 0.166 e. The van der Waals surface area contributed by atoms with Gasteiger partial charge in [-0.25, -0.2) is 9.97 Å². The van der Waals surface area contributed by atoms with Crippen LogP contribution >= 0.6 is 0 Å². The van der Waals surface area contributed by atoms with Crippen LogP contribution in [0.5, 0.6) is 0 Å². The molecule has 15 aromatic rings. The molecule has 0 aliphatic carbocycles. The first-order valence-electron chi connectivity index (χ1n) is 27.2. The van der Waals surface area contributed by atoms with E-state index in [2.05, 4.69) is 135 Å². The highest BCUT2D eigenvalue weighted by Gasteiger charge is 2.25. The van der Waals surface area contributed by atoms with Gasteiger partial charge in [0.15, 0.2) is 5.82 Å². The van der Waals surface area contributed by atoms with Gasteiger partial charge < -0.3 is 9.13 Å². The molecule has 0 atom stereocenters. The molecular formula is C64H40N6. The Labute approximate surface area is 413 Å². The van der Waals surface area contributed by atoms with E-state index in [1.165, 1.54) is 4.57 Å². The standard InChI is InChI=1S/C64H40N6/c1-9-27-52-44(18-1)45-19-2-10-28-53(45)67(52)42-38-36-41(37-39-42)43-26-17-35-60(68-54-29-11-3-20-46(54)47-21-4-12-30-55(47)68)63(43)64-65-61(69-56-31-13-5-22-48(56)49-23-6-14-32-57(49)69)40-62(66-64)70-58-33-15-7-24-50(58)51-25-8-16-34-59(51)70/h1-40H/i5D,6D,13D,14D,22D,23D,31D,32D. The van der Waals surface area contributed by atoms with Gasteiger partial charge in [-0.3, -0.25) is 9.13 Å². The number of rotatable bonds is 6. The second-order valence-corrected chi connectivity index (χ2v) is 17.5. The highest BCUT2D eigenvalue weighted by Crippen LogP contribution is 2.43. The van der Waals surface area contributed by atoms with Gasteiger partial charge in [0.2, 0.25) is 0 Å². The molecule has 326 valence electrons. The Morgan fingerprint density at radius 3 is 1.16 bits per heavy atom. The third-order valence-electron chi connectivity index (χ3n) is 13.9. The number of nitrogens with zero attached hydrogens (tertiary/aromatic N) is 6. The van der Waals surface area contributed by atoms with Crippen molar-refractivity contribution in [2.24, 2.45) is 0 Å². The molecule has 5 aromatic heterocycles. The van der Waals surface area contributed by atoms with E-state index in [1.807, 2.05) is 66.7 Å². The third-order valence-corrected chi connectivity index (χ3v) is 13.9. The van der Waals surface area contributed by atoms with Gasteiger partial charge in [-0.2, -0.15) is 0 Å². The number of fused-ring (bicyclic) bond motifs is 12. The summed E-state index contributed by atoms with van der Waals surface area (Å²) in [5.41, 5.74) is 9.70. The summed E-state index contributed by atoms with van der Waals surface area (Å²) in [5, 5.41) is 6.28. The van der Waals surface area contributed by atoms with Crippen LogP contribution in [0.3, 0.4) is 0 Å². The van der Waals surface area contributed by atoms with E-state index in [0.29, 0.717) is 11.4 Å². The first-order chi connectivity index (χ1) is 38.1. The summed E-state index contributed by atoms with van der Waals surface area (Å²) in [6.07, 6.45) is 0. The van der Waals surface area contributed by atoms with Crippen LogP contribution in [0.15, 0.2) is 242 Å². The van der Waals surface area contributed by atoms with Gasteiger partial charge in [0, 0.05) is 54.8 Å². The zero-order valence-electron chi connectivity index (χ0n) is 45.2. The van der Waals surface area contributed by atoms with Crippen LogP contribution < -0.4 is 0 Å². The summed E-state index contributed by atoms with van der Waals surface area (Å²) in [4.78, 5) is 11.1. The number of hydrogen-bond donors (Lipinski definition) is 0. The predicted molar refractivity (Wildman–Crippen MR) is 290 cm³/mol. The summed E-state index contributed by atoms with van der Waals surface area (Å²) >= 11 is 0. The quantitative estimate of drug-likeness (QED) is 0.167. The van der Waals surface area contributed by atoms with Crippen molar-refractivity contribution < 1.29 is 11.0 Å². The zero-order chi connectivity index (χ0) is 52.8. The molecule has 0 spiro atoms. The largest absolute Gasteiger partial charge is 0.309 e. The lowest BCUT2D eigenvalue weighted by Crippen LogP contribution is -2.08. The van der Waals surface area contributed by atoms with Gasteiger partial charge in [-0.05, 0) is 77.8 Å². The lowest BCUT2D eigenvalue weighted by atomic mass is 9.96. The third kappa shape index (κ3) is 5.56. The molecule has 0 saturated carbocycles. The van der Waals surface area contributed by atoms with Crippen molar-refractivity contribution in [2.45, 2.75) is 0 Å². The molecule has 0 aliphatic rings. The fourth-order valence-corrected chi connectivity index (χ4v) is 11.0. The van der Waals surface area contributed by atoms with Crippen molar-refractivity contribution in [1.82, 2.24) is 28.2 Å². The highest BCUT2D eigenvalue weighted by atomic mass is 15.2. The van der Waals surface area contributed by atoms with Crippen LogP contribution in [-0.2, 0) is 0 Å². The monoisotopic (exact) mass is 900 g/mol. The van der Waals surface area contributed by atoms with E-state index in [4.69, 9.17) is 15.5 Å². The van der Waals surface area contributed by atoms with E-state index < -0.39 is 48.3 Å². The van der Waals surface area contributed by atoms with E-state index in [0.717, 1.165) is 87.9 Å². The number of para-hydroxylation sites is 8. The minimum absolute atomic E-state index is 0.0441. The summed E-state index contributed by atoms with van der Waals surface area (Å²) in [6, 6.07) is 62.1. The molecule has 0 N–H and O–H groups in total. The van der Waals surface area contributed by atoms with Crippen molar-refractivity contribution in [2.75, 3.05) is 0 Å². The minimum Gasteiger partial charge on any atom is -0.309 e. The second-order valence-electron chi connectivity index (χ2n) is 17.5. The van der Waals surface area contributed by atoms with E-state index in [1.54, 1.807) is 6.07 Å². The maximum Gasteiger partial charge on any atom is 0.166 e. The van der Waals surface area contributed by atoms with Crippen LogP contribution in [0.1, 0.15) is 11.0 Å². The minimum atomic E-state index is -0.526. The molecule has 0 amide bonds. The Hall–Kier alpha value is -9.52. The molecule has 10 aromatic carbocycles. The molecule has 0 aliphatic heterocycles. The first-order valence-corrected chi connectivity index (χ1v) is 23.2. The Morgan fingerprint density at radius 1 is 0.314 bits per heavy atom. The molecule has 5 heterocycles. The molecule has 15 rings (SSSR count). The van der Waals surface area contributed by atoms with Crippen LogP contribution in [0.25, 0.3) is 133 Å². The second kappa shape index (κ2) is 15.0. The van der Waals surface area contributed by atoms with E-state index in [9.17, 15) is 5.48 Å². The topological polar surface area (TPSA) is 45.5 Å². The Morgan fingerprint density at radius 2 is 0.700 bits per heavy atom. The highest BCUT2D eigenvalue weighted by molar-refractivity contribution is 6.13. The number of benzene rings is 10. The lowest BCUT2D eigenvalue weighted by molar-refractivity contribution is 0.991. The zero-order valence-corrected chi connectivity index (χ0v) is 37.2. The van der Waals surface area contributed by atoms with Crippen molar-refractivity contribution in [3.05, 3.63) is 242 Å². The molecule has 0 bridgehead atoms.